The predicted octanol–water partition coefficient (Wildman–Crippen LogP) is -0.870. The van der Waals surface area contributed by atoms with Gasteiger partial charge in [0.25, 0.3) is 0 Å². The van der Waals surface area contributed by atoms with Gasteiger partial charge in [-0.2, -0.15) is 0 Å². The largest absolute Gasteiger partial charge is 0.437 e. The third-order valence-electron chi connectivity index (χ3n) is 1.78. The molecule has 9 heavy (non-hydrogen) atoms. The summed E-state index contributed by atoms with van der Waals surface area (Å²) in [5.41, 5.74) is 5.61. The second-order valence-corrected chi connectivity index (χ2v) is 2.68. The van der Waals surface area contributed by atoms with Crippen LogP contribution in [-0.2, 0) is 0 Å². The maximum Gasteiger partial charge on any atom is 0.376 e. The van der Waals surface area contributed by atoms with E-state index in [2.05, 4.69) is 0 Å². The average Bonchev–Trinajstić information content (AvgIpc) is 2.14. The summed E-state index contributed by atoms with van der Waals surface area (Å²) in [7, 11) is -0.321. The lowest BCUT2D eigenvalue weighted by molar-refractivity contribution is 0.420. The van der Waals surface area contributed by atoms with E-state index in [0.29, 0.717) is 0 Å². The van der Waals surface area contributed by atoms with Crippen LogP contribution in [0.25, 0.3) is 0 Å². The Balaban J connectivity index is 2.30. The van der Waals surface area contributed by atoms with Gasteiger partial charge in [0.15, 0.2) is 0 Å². The van der Waals surface area contributed by atoms with Crippen LogP contribution in [0.15, 0.2) is 0 Å². The average molecular weight is 128 g/mol. The number of nitrogens with two attached hydrogens (primary N) is 1. The lowest BCUT2D eigenvalue weighted by Gasteiger charge is -2.14. The Bertz CT molecular complexity index is 99.0. The molecule has 1 aliphatic rings. The Morgan fingerprint density at radius 2 is 2.44 bits per heavy atom. The minimum absolute atomic E-state index is 0.277. The fourth-order valence-electron chi connectivity index (χ4n) is 1.15. The molecule has 0 bridgehead atoms. The maximum absolute atomic E-state index is 9.04. The van der Waals surface area contributed by atoms with Gasteiger partial charge in [-0.1, -0.05) is 0 Å². The second-order valence-electron chi connectivity index (χ2n) is 2.68. The number of hydrogen-bond donors (Lipinski definition) is 2. The number of nitrogens with zero attached hydrogens (tertiary/aromatic N) is 1. The highest BCUT2D eigenvalue weighted by atomic mass is 16.2. The molecule has 3 nitrogen and oxygen atoms in total. The minimum Gasteiger partial charge on any atom is -0.437 e. The van der Waals surface area contributed by atoms with Crippen molar-refractivity contribution in [1.29, 1.82) is 0 Å². The predicted molar refractivity (Wildman–Crippen MR) is 38.0 cm³/mol. The normalized spacial score (nSPS) is 29.0. The van der Waals surface area contributed by atoms with Gasteiger partial charge in [0.05, 0.1) is 0 Å². The number of rotatable bonds is 1. The van der Waals surface area contributed by atoms with Crippen molar-refractivity contribution in [3.63, 3.8) is 0 Å². The van der Waals surface area contributed by atoms with E-state index in [1.807, 2.05) is 4.81 Å². The first-order valence-corrected chi connectivity index (χ1v) is 3.38. The SMILES string of the molecule is CB(O)N1CCC(N)C1. The van der Waals surface area contributed by atoms with Crippen LogP contribution in [0.2, 0.25) is 6.82 Å². The van der Waals surface area contributed by atoms with Crippen LogP contribution in [-0.4, -0.2) is 36.0 Å². The van der Waals surface area contributed by atoms with Gasteiger partial charge < -0.3 is 15.6 Å². The van der Waals surface area contributed by atoms with Gasteiger partial charge in [-0.05, 0) is 19.8 Å². The van der Waals surface area contributed by atoms with E-state index in [0.717, 1.165) is 19.5 Å². The summed E-state index contributed by atoms with van der Waals surface area (Å²) in [6, 6.07) is 0.277. The molecule has 4 heteroatoms. The first kappa shape index (κ1) is 7.06. The summed E-state index contributed by atoms with van der Waals surface area (Å²) < 4.78 is 0. The first-order chi connectivity index (χ1) is 4.20. The fourth-order valence-corrected chi connectivity index (χ4v) is 1.15. The summed E-state index contributed by atoms with van der Waals surface area (Å²) in [6.07, 6.45) is 1.02. The molecule has 1 saturated heterocycles. The molecule has 1 rings (SSSR count). The highest BCUT2D eigenvalue weighted by Crippen LogP contribution is 2.06. The van der Waals surface area contributed by atoms with E-state index in [-0.39, 0.29) is 13.1 Å². The molecule has 0 radical (unpaired) electrons. The highest BCUT2D eigenvalue weighted by molar-refractivity contribution is 6.45. The molecule has 0 spiro atoms. The van der Waals surface area contributed by atoms with Gasteiger partial charge in [0, 0.05) is 12.6 Å². The molecule has 0 saturated carbocycles. The molecule has 3 N–H and O–H groups in total. The van der Waals surface area contributed by atoms with Crippen molar-refractivity contribution in [3.05, 3.63) is 0 Å². The molecule has 1 unspecified atom stereocenters. The Morgan fingerprint density at radius 1 is 1.78 bits per heavy atom. The van der Waals surface area contributed by atoms with Crippen molar-refractivity contribution in [2.45, 2.75) is 19.3 Å². The lowest BCUT2D eigenvalue weighted by Crippen LogP contribution is -2.36. The Kier molecular flexibility index (Phi) is 2.11. The standard InChI is InChI=1S/C5H13BN2O/c1-6(9)8-3-2-5(7)4-8/h5,9H,2-4,7H2,1H3. The summed E-state index contributed by atoms with van der Waals surface area (Å²) in [5.74, 6) is 0. The van der Waals surface area contributed by atoms with Crippen molar-refractivity contribution in [1.82, 2.24) is 4.81 Å². The van der Waals surface area contributed by atoms with Crippen LogP contribution in [0.1, 0.15) is 6.42 Å². The van der Waals surface area contributed by atoms with Crippen molar-refractivity contribution in [2.75, 3.05) is 13.1 Å². The molecular formula is C5H13BN2O. The second kappa shape index (κ2) is 2.69. The van der Waals surface area contributed by atoms with Crippen LogP contribution >= 0.6 is 0 Å². The van der Waals surface area contributed by atoms with Gasteiger partial charge in [-0.15, -0.1) is 0 Å². The van der Waals surface area contributed by atoms with Crippen molar-refractivity contribution in [2.24, 2.45) is 5.73 Å². The van der Waals surface area contributed by atoms with E-state index in [1.165, 1.54) is 0 Å². The van der Waals surface area contributed by atoms with Crippen molar-refractivity contribution >= 4 is 7.05 Å². The van der Waals surface area contributed by atoms with Crippen LogP contribution in [0.4, 0.5) is 0 Å². The molecule has 0 aromatic carbocycles. The maximum atomic E-state index is 9.04. The molecule has 0 aromatic rings. The topological polar surface area (TPSA) is 49.5 Å². The Labute approximate surface area is 56.0 Å². The molecule has 0 aliphatic carbocycles. The van der Waals surface area contributed by atoms with Crippen LogP contribution in [0.3, 0.4) is 0 Å². The van der Waals surface area contributed by atoms with Crippen molar-refractivity contribution in [3.8, 4) is 0 Å². The van der Waals surface area contributed by atoms with Gasteiger partial charge >= 0.3 is 7.05 Å². The van der Waals surface area contributed by atoms with Crippen LogP contribution in [0, 0.1) is 0 Å². The minimum atomic E-state index is -0.321. The third-order valence-corrected chi connectivity index (χ3v) is 1.78. The third kappa shape index (κ3) is 1.68. The molecule has 1 aliphatic heterocycles. The van der Waals surface area contributed by atoms with E-state index in [4.69, 9.17) is 10.8 Å². The lowest BCUT2D eigenvalue weighted by atomic mass is 9.86. The van der Waals surface area contributed by atoms with Gasteiger partial charge in [-0.3, -0.25) is 0 Å². The van der Waals surface area contributed by atoms with E-state index in [9.17, 15) is 0 Å². The van der Waals surface area contributed by atoms with Crippen LogP contribution in [0.5, 0.6) is 0 Å². The highest BCUT2D eigenvalue weighted by Gasteiger charge is 2.24. The smallest absolute Gasteiger partial charge is 0.376 e. The molecule has 52 valence electrons. The van der Waals surface area contributed by atoms with Gasteiger partial charge in [0.2, 0.25) is 0 Å². The quantitative estimate of drug-likeness (QED) is 0.451. The summed E-state index contributed by atoms with van der Waals surface area (Å²) in [4.78, 5) is 1.98. The monoisotopic (exact) mass is 128 g/mol. The zero-order valence-electron chi connectivity index (χ0n) is 5.75. The molecule has 0 amide bonds. The number of hydrogen-bond acceptors (Lipinski definition) is 3. The van der Waals surface area contributed by atoms with Gasteiger partial charge in [0.1, 0.15) is 0 Å². The summed E-state index contributed by atoms with van der Waals surface area (Å²) in [5, 5.41) is 9.04. The Hall–Kier alpha value is -0.0551. The Morgan fingerprint density at radius 3 is 2.67 bits per heavy atom. The molecule has 1 fully saturated rings. The van der Waals surface area contributed by atoms with E-state index >= 15 is 0 Å². The van der Waals surface area contributed by atoms with Gasteiger partial charge in [-0.25, -0.2) is 0 Å². The summed E-state index contributed by atoms with van der Waals surface area (Å²) in [6.45, 7) is 3.56. The van der Waals surface area contributed by atoms with Crippen molar-refractivity contribution < 1.29 is 5.02 Å². The molecule has 1 atom stereocenters. The zero-order valence-corrected chi connectivity index (χ0v) is 5.75. The fraction of sp³-hybridized carbons (Fsp3) is 1.00. The van der Waals surface area contributed by atoms with E-state index in [1.54, 1.807) is 6.82 Å². The zero-order chi connectivity index (χ0) is 6.85. The molecular weight excluding hydrogens is 115 g/mol. The van der Waals surface area contributed by atoms with E-state index < -0.39 is 0 Å². The molecule has 0 aromatic heterocycles. The first-order valence-electron chi connectivity index (χ1n) is 3.38. The summed E-state index contributed by atoms with van der Waals surface area (Å²) >= 11 is 0. The molecule has 1 heterocycles. The van der Waals surface area contributed by atoms with Crippen LogP contribution < -0.4 is 5.73 Å².